The molecule has 48 heavy (non-hydrogen) atoms. The smallest absolute Gasteiger partial charge is 0.435 e. The average molecular weight is 674 g/mol. The van der Waals surface area contributed by atoms with E-state index in [9.17, 15) is 9.90 Å². The normalized spacial score (nSPS) is 20.3. The number of benzene rings is 3. The first kappa shape index (κ1) is 32.3. The molecule has 10 nitrogen and oxygen atoms in total. The number of likely N-dealkylation sites (N-methyl/N-ethyl adjacent to an activating group) is 1. The number of piperazine rings is 1. The minimum atomic E-state index is -0.627. The van der Waals surface area contributed by atoms with E-state index in [1.807, 2.05) is 66.1 Å². The first-order valence-corrected chi connectivity index (χ1v) is 16.8. The van der Waals surface area contributed by atoms with Gasteiger partial charge in [0.25, 0.3) is 0 Å². The highest BCUT2D eigenvalue weighted by Gasteiger charge is 2.42. The Balaban J connectivity index is 1.31. The standard InChI is InChI=1S/C36H41ClFN7O3/c1-20(39-35(47)48-36(2,3)4)45-22-11-12-23(45)17-43(16-22)33-28-15-29(37)30(27-14-25(46)13-21-9-7-8-10-26(21)27)31(38)32(28)40-34(41-33)44-18-24(19-44)42(5)6/h7-10,13-15,22-24,46H,11-12,16-19H2,1-6H3. The lowest BCUT2D eigenvalue weighted by Crippen LogP contribution is -2.58. The molecule has 1 amide bonds. The molecule has 3 fully saturated rings. The Hall–Kier alpha value is -4.22. The van der Waals surface area contributed by atoms with Crippen molar-refractivity contribution in [2.24, 2.45) is 4.99 Å². The van der Waals surface area contributed by atoms with Crippen LogP contribution in [0.2, 0.25) is 5.02 Å². The zero-order valence-corrected chi connectivity index (χ0v) is 28.9. The topological polar surface area (TPSA) is 97.6 Å². The molecule has 252 valence electrons. The Bertz CT molecular complexity index is 1940. The Labute approximate surface area is 284 Å². The minimum absolute atomic E-state index is 0.0254. The number of hydrogen-bond acceptors (Lipinski definition) is 8. The number of rotatable bonds is 4. The summed E-state index contributed by atoms with van der Waals surface area (Å²) in [5.74, 6) is 1.22. The molecule has 4 heterocycles. The van der Waals surface area contributed by atoms with E-state index in [0.717, 1.165) is 36.7 Å². The number of aromatic hydroxyl groups is 1. The molecular formula is C36H41ClFN7O3. The maximum Gasteiger partial charge on any atom is 0.435 e. The monoisotopic (exact) mass is 673 g/mol. The molecule has 0 aliphatic carbocycles. The molecule has 2 atom stereocenters. The summed E-state index contributed by atoms with van der Waals surface area (Å²) in [6.07, 6.45) is 1.26. The lowest BCUT2D eigenvalue weighted by molar-refractivity contribution is 0.0600. The number of ether oxygens (including phenoxy) is 1. The molecule has 0 saturated carbocycles. The van der Waals surface area contributed by atoms with Crippen LogP contribution in [0.5, 0.6) is 5.75 Å². The molecular weight excluding hydrogens is 633 g/mol. The van der Waals surface area contributed by atoms with Gasteiger partial charge in [-0.05, 0) is 89.2 Å². The van der Waals surface area contributed by atoms with Gasteiger partial charge in [-0.2, -0.15) is 9.98 Å². The minimum Gasteiger partial charge on any atom is -0.508 e. The van der Waals surface area contributed by atoms with Gasteiger partial charge in [0, 0.05) is 55.3 Å². The van der Waals surface area contributed by atoms with Crippen molar-refractivity contribution in [3.63, 3.8) is 0 Å². The molecule has 1 aromatic heterocycles. The second-order valence-corrected chi connectivity index (χ2v) is 14.8. The number of carbonyl (C=O) groups excluding carboxylic acids is 1. The number of phenolic OH excluding ortho intramolecular Hbond substituents is 1. The highest BCUT2D eigenvalue weighted by Crippen LogP contribution is 2.44. The van der Waals surface area contributed by atoms with Crippen LogP contribution >= 0.6 is 11.6 Å². The van der Waals surface area contributed by atoms with Gasteiger partial charge in [-0.1, -0.05) is 35.9 Å². The van der Waals surface area contributed by atoms with Crippen molar-refractivity contribution < 1.29 is 19.0 Å². The van der Waals surface area contributed by atoms with E-state index in [2.05, 4.69) is 24.6 Å². The van der Waals surface area contributed by atoms with Gasteiger partial charge >= 0.3 is 6.09 Å². The maximum absolute atomic E-state index is 17.0. The van der Waals surface area contributed by atoms with Crippen molar-refractivity contribution in [1.29, 1.82) is 0 Å². The second-order valence-electron chi connectivity index (χ2n) is 14.4. The van der Waals surface area contributed by atoms with Crippen LogP contribution in [0.3, 0.4) is 0 Å². The number of fused-ring (bicyclic) bond motifs is 4. The van der Waals surface area contributed by atoms with Gasteiger partial charge in [-0.3, -0.25) is 0 Å². The van der Waals surface area contributed by atoms with Gasteiger partial charge < -0.3 is 29.4 Å². The molecule has 2 bridgehead atoms. The van der Waals surface area contributed by atoms with Gasteiger partial charge in [-0.25, -0.2) is 14.2 Å². The number of amidine groups is 1. The lowest BCUT2D eigenvalue weighted by atomic mass is 9.96. The first-order valence-electron chi connectivity index (χ1n) is 16.4. The molecule has 2 unspecified atom stereocenters. The van der Waals surface area contributed by atoms with E-state index >= 15 is 4.39 Å². The molecule has 1 N–H and O–H groups in total. The van der Waals surface area contributed by atoms with Crippen LogP contribution in [0.15, 0.2) is 47.5 Å². The van der Waals surface area contributed by atoms with Crippen LogP contribution in [0.1, 0.15) is 40.5 Å². The highest BCUT2D eigenvalue weighted by molar-refractivity contribution is 6.35. The van der Waals surface area contributed by atoms with Crippen LogP contribution in [-0.4, -0.2) is 101 Å². The van der Waals surface area contributed by atoms with Gasteiger partial charge in [0.15, 0.2) is 5.82 Å². The summed E-state index contributed by atoms with van der Waals surface area (Å²) in [4.78, 5) is 35.4. The molecule has 12 heteroatoms. The van der Waals surface area contributed by atoms with E-state index in [1.165, 1.54) is 0 Å². The molecule has 3 aliphatic heterocycles. The Morgan fingerprint density at radius 3 is 2.38 bits per heavy atom. The molecule has 3 saturated heterocycles. The molecule has 4 aromatic rings. The van der Waals surface area contributed by atoms with Gasteiger partial charge in [0.2, 0.25) is 5.95 Å². The van der Waals surface area contributed by atoms with E-state index in [4.69, 9.17) is 26.3 Å². The zero-order valence-electron chi connectivity index (χ0n) is 28.2. The SMILES string of the molecule is CC(=NC(=O)OC(C)(C)C)N1C2CCC1CN(c1nc(N3CC(N(C)C)C3)nc3c(F)c(-c4cc(O)cc5ccccc45)c(Cl)cc13)C2. The van der Waals surface area contributed by atoms with Crippen molar-refractivity contribution in [3.8, 4) is 16.9 Å². The van der Waals surface area contributed by atoms with Crippen LogP contribution in [0.25, 0.3) is 32.8 Å². The van der Waals surface area contributed by atoms with Gasteiger partial charge in [0.1, 0.15) is 28.5 Å². The van der Waals surface area contributed by atoms with Crippen LogP contribution < -0.4 is 9.80 Å². The van der Waals surface area contributed by atoms with Crippen LogP contribution in [-0.2, 0) is 4.74 Å². The summed E-state index contributed by atoms with van der Waals surface area (Å²) in [5.41, 5.74) is 0.255. The summed E-state index contributed by atoms with van der Waals surface area (Å²) in [6.45, 7) is 10.0. The maximum atomic E-state index is 17.0. The fourth-order valence-electron chi connectivity index (χ4n) is 7.32. The van der Waals surface area contributed by atoms with Crippen molar-refractivity contribution in [3.05, 3.63) is 53.3 Å². The van der Waals surface area contributed by atoms with Crippen LogP contribution in [0, 0.1) is 5.82 Å². The summed E-state index contributed by atoms with van der Waals surface area (Å²) in [7, 11) is 4.09. The Morgan fingerprint density at radius 1 is 1.02 bits per heavy atom. The lowest BCUT2D eigenvalue weighted by Gasteiger charge is -2.44. The number of amides is 1. The molecule has 0 spiro atoms. The largest absolute Gasteiger partial charge is 0.508 e. The van der Waals surface area contributed by atoms with Gasteiger partial charge in [-0.15, -0.1) is 0 Å². The van der Waals surface area contributed by atoms with E-state index < -0.39 is 17.5 Å². The number of hydrogen-bond donors (Lipinski definition) is 1. The molecule has 3 aliphatic rings. The van der Waals surface area contributed by atoms with E-state index in [-0.39, 0.29) is 33.9 Å². The average Bonchev–Trinajstić information content (AvgIpc) is 3.24. The molecule has 0 radical (unpaired) electrons. The van der Waals surface area contributed by atoms with Crippen molar-refractivity contribution in [2.75, 3.05) is 50.1 Å². The summed E-state index contributed by atoms with van der Waals surface area (Å²) in [5, 5.41) is 12.9. The zero-order chi connectivity index (χ0) is 34.1. The quantitative estimate of drug-likeness (QED) is 0.187. The first-order chi connectivity index (χ1) is 22.8. The third-order valence-corrected chi connectivity index (χ3v) is 9.94. The number of nitrogens with zero attached hydrogens (tertiary/aromatic N) is 7. The number of aliphatic imine (C=N–C) groups is 1. The van der Waals surface area contributed by atoms with E-state index in [0.29, 0.717) is 47.7 Å². The number of carbonyl (C=O) groups is 1. The second kappa shape index (κ2) is 12.0. The number of phenols is 1. The summed E-state index contributed by atoms with van der Waals surface area (Å²) < 4.78 is 22.4. The summed E-state index contributed by atoms with van der Waals surface area (Å²) >= 11 is 6.95. The Kier molecular flexibility index (Phi) is 8.10. The summed E-state index contributed by atoms with van der Waals surface area (Å²) in [6, 6.07) is 13.0. The highest BCUT2D eigenvalue weighted by atomic mass is 35.5. The van der Waals surface area contributed by atoms with Crippen LogP contribution in [0.4, 0.5) is 21.0 Å². The van der Waals surface area contributed by atoms with Crippen molar-refractivity contribution in [2.45, 2.75) is 64.3 Å². The molecule has 3 aromatic carbocycles. The Morgan fingerprint density at radius 2 is 1.71 bits per heavy atom. The predicted octanol–water partition coefficient (Wildman–Crippen LogP) is 6.70. The van der Waals surface area contributed by atoms with Crippen molar-refractivity contribution >= 4 is 57.0 Å². The number of halogens is 2. The third kappa shape index (κ3) is 5.87. The number of aromatic nitrogens is 2. The van der Waals surface area contributed by atoms with Gasteiger partial charge in [0.05, 0.1) is 5.02 Å². The van der Waals surface area contributed by atoms with Crippen molar-refractivity contribution in [1.82, 2.24) is 19.8 Å². The molecule has 7 rings (SSSR count). The fourth-order valence-corrected chi connectivity index (χ4v) is 7.62. The number of anilines is 2. The van der Waals surface area contributed by atoms with E-state index in [1.54, 1.807) is 18.2 Å². The third-order valence-electron chi connectivity index (χ3n) is 9.64. The predicted molar refractivity (Wildman–Crippen MR) is 189 cm³/mol. The fraction of sp³-hybridized carbons (Fsp3) is 0.444.